The Morgan fingerprint density at radius 2 is 1.96 bits per heavy atom. The lowest BCUT2D eigenvalue weighted by Gasteiger charge is -2.31. The van der Waals surface area contributed by atoms with Crippen LogP contribution in [0.1, 0.15) is 56.9 Å². The fraction of sp³-hybridized carbons (Fsp3) is 0.636. The van der Waals surface area contributed by atoms with Gasteiger partial charge >= 0.3 is 0 Å². The molecule has 2 amide bonds. The van der Waals surface area contributed by atoms with Gasteiger partial charge in [-0.3, -0.25) is 9.59 Å². The van der Waals surface area contributed by atoms with Crippen molar-refractivity contribution in [2.75, 3.05) is 20.2 Å². The van der Waals surface area contributed by atoms with Gasteiger partial charge in [-0.15, -0.1) is 0 Å². The fourth-order valence-electron chi connectivity index (χ4n) is 4.36. The number of ether oxygens (including phenoxy) is 1. The maximum absolute atomic E-state index is 12.4. The number of nitrogens with zero attached hydrogens (tertiary/aromatic N) is 1. The molecule has 5 nitrogen and oxygen atoms in total. The van der Waals surface area contributed by atoms with Crippen molar-refractivity contribution < 1.29 is 14.3 Å². The highest BCUT2D eigenvalue weighted by Gasteiger charge is 2.37. The second-order valence-electron chi connectivity index (χ2n) is 7.80. The predicted octanol–water partition coefficient (Wildman–Crippen LogP) is 3.32. The first-order valence-corrected chi connectivity index (χ1v) is 10.4. The maximum Gasteiger partial charge on any atom is 0.225 e. The largest absolute Gasteiger partial charge is 0.496 e. The minimum Gasteiger partial charge on any atom is -0.496 e. The van der Waals surface area contributed by atoms with Gasteiger partial charge in [0.05, 0.1) is 13.0 Å². The number of unbranched alkanes of at least 4 members (excludes halogenated alkanes) is 1. The highest BCUT2D eigenvalue weighted by molar-refractivity contribution is 5.89. The molecule has 1 aromatic rings. The number of nitrogens with one attached hydrogen (secondary N) is 1. The molecule has 1 saturated heterocycles. The van der Waals surface area contributed by atoms with Crippen LogP contribution in [0.5, 0.6) is 5.75 Å². The lowest BCUT2D eigenvalue weighted by atomic mass is 9.94. The van der Waals surface area contributed by atoms with Crippen LogP contribution in [-0.2, 0) is 16.0 Å². The number of para-hydroxylation sites is 1. The van der Waals surface area contributed by atoms with Crippen molar-refractivity contribution in [3.63, 3.8) is 0 Å². The normalized spacial score (nSPS) is 20.7. The summed E-state index contributed by atoms with van der Waals surface area (Å²) in [6.07, 6.45) is 9.13. The molecular weight excluding hydrogens is 340 g/mol. The number of likely N-dealkylation sites (tertiary alicyclic amines) is 1. The van der Waals surface area contributed by atoms with E-state index in [2.05, 4.69) is 11.4 Å². The summed E-state index contributed by atoms with van der Waals surface area (Å²) in [6.45, 7) is 1.28. The monoisotopic (exact) mass is 372 g/mol. The first-order chi connectivity index (χ1) is 13.2. The minimum absolute atomic E-state index is 0.0407. The Bertz CT molecular complexity index is 640. The van der Waals surface area contributed by atoms with Gasteiger partial charge in [-0.2, -0.15) is 0 Å². The Morgan fingerprint density at radius 3 is 2.74 bits per heavy atom. The van der Waals surface area contributed by atoms with Crippen LogP contribution in [0.2, 0.25) is 0 Å². The zero-order valence-corrected chi connectivity index (χ0v) is 16.4. The smallest absolute Gasteiger partial charge is 0.225 e. The maximum atomic E-state index is 12.4. The van der Waals surface area contributed by atoms with Gasteiger partial charge in [0.1, 0.15) is 5.75 Å². The quantitative estimate of drug-likeness (QED) is 0.712. The summed E-state index contributed by atoms with van der Waals surface area (Å²) in [4.78, 5) is 26.7. The molecule has 0 spiro atoms. The van der Waals surface area contributed by atoms with Gasteiger partial charge in [-0.25, -0.2) is 0 Å². The summed E-state index contributed by atoms with van der Waals surface area (Å²) in [7, 11) is 1.69. The molecular formula is C22H32N2O3. The van der Waals surface area contributed by atoms with Gasteiger partial charge in [0.15, 0.2) is 0 Å². The summed E-state index contributed by atoms with van der Waals surface area (Å²) < 4.78 is 5.37. The van der Waals surface area contributed by atoms with Crippen LogP contribution in [0, 0.1) is 5.92 Å². The topological polar surface area (TPSA) is 58.6 Å². The molecule has 5 heteroatoms. The van der Waals surface area contributed by atoms with Crippen LogP contribution in [-0.4, -0.2) is 43.0 Å². The van der Waals surface area contributed by atoms with Crippen LogP contribution >= 0.6 is 0 Å². The molecule has 0 radical (unpaired) electrons. The lowest BCUT2D eigenvalue weighted by Crippen LogP contribution is -2.39. The van der Waals surface area contributed by atoms with Gasteiger partial charge < -0.3 is 15.0 Å². The van der Waals surface area contributed by atoms with Crippen LogP contribution in [0.15, 0.2) is 24.3 Å². The van der Waals surface area contributed by atoms with Crippen molar-refractivity contribution >= 4 is 11.8 Å². The Morgan fingerprint density at radius 1 is 1.19 bits per heavy atom. The number of carbonyl (C=O) groups excluding carboxylic acids is 2. The van der Waals surface area contributed by atoms with Crippen LogP contribution in [0.3, 0.4) is 0 Å². The molecule has 148 valence electrons. The molecule has 1 aliphatic heterocycles. The third-order valence-electron chi connectivity index (χ3n) is 5.91. The van der Waals surface area contributed by atoms with Gasteiger partial charge in [-0.05, 0) is 43.7 Å². The number of hydrogen-bond donors (Lipinski definition) is 1. The van der Waals surface area contributed by atoms with E-state index >= 15 is 0 Å². The molecule has 1 atom stereocenters. The molecule has 1 N–H and O–H groups in total. The van der Waals surface area contributed by atoms with Crippen LogP contribution < -0.4 is 10.1 Å². The van der Waals surface area contributed by atoms with E-state index in [0.29, 0.717) is 25.6 Å². The molecule has 0 aromatic heterocycles. The first kappa shape index (κ1) is 19.7. The van der Waals surface area contributed by atoms with Crippen molar-refractivity contribution in [1.29, 1.82) is 0 Å². The molecule has 1 saturated carbocycles. The number of methoxy groups -OCH3 is 1. The third kappa shape index (κ3) is 5.24. The number of amides is 2. The molecule has 1 unspecified atom stereocenters. The molecule has 2 fully saturated rings. The Balaban J connectivity index is 1.36. The summed E-state index contributed by atoms with van der Waals surface area (Å²) >= 11 is 0. The van der Waals surface area contributed by atoms with E-state index in [9.17, 15) is 9.59 Å². The van der Waals surface area contributed by atoms with Crippen molar-refractivity contribution in [2.45, 2.75) is 63.8 Å². The number of aryl methyl sites for hydroxylation is 1. The average molecular weight is 373 g/mol. The summed E-state index contributed by atoms with van der Waals surface area (Å²) in [5.41, 5.74) is 1.20. The van der Waals surface area contributed by atoms with Crippen molar-refractivity contribution in [2.24, 2.45) is 5.92 Å². The Labute approximate surface area is 162 Å². The Kier molecular flexibility index (Phi) is 7.13. The average Bonchev–Trinajstić information content (AvgIpc) is 3.10. The summed E-state index contributed by atoms with van der Waals surface area (Å²) in [6, 6.07) is 8.43. The highest BCUT2D eigenvalue weighted by Crippen LogP contribution is 2.28. The van der Waals surface area contributed by atoms with E-state index in [1.54, 1.807) is 7.11 Å². The summed E-state index contributed by atoms with van der Waals surface area (Å²) in [5.74, 6) is 0.958. The predicted molar refractivity (Wildman–Crippen MR) is 106 cm³/mol. The first-order valence-electron chi connectivity index (χ1n) is 10.4. The zero-order chi connectivity index (χ0) is 19.1. The van der Waals surface area contributed by atoms with Crippen molar-refractivity contribution in [3.8, 4) is 5.75 Å². The van der Waals surface area contributed by atoms with Crippen molar-refractivity contribution in [1.82, 2.24) is 10.2 Å². The van der Waals surface area contributed by atoms with Crippen molar-refractivity contribution in [3.05, 3.63) is 29.8 Å². The van der Waals surface area contributed by atoms with Gasteiger partial charge in [0.25, 0.3) is 0 Å². The molecule has 0 bridgehead atoms. The van der Waals surface area contributed by atoms with Gasteiger partial charge in [-0.1, -0.05) is 37.5 Å². The number of benzene rings is 1. The molecule has 27 heavy (non-hydrogen) atoms. The standard InChI is InChI=1S/C22H32N2O3/c1-27-20-13-6-5-9-17(20)10-7-8-14-23-22(26)18-15-21(25)24(16-18)19-11-3-2-4-12-19/h5-6,9,13,18-19H,2-4,7-8,10-12,14-16H2,1H3,(H,23,26). The minimum atomic E-state index is -0.173. The van der Waals surface area contributed by atoms with Gasteiger partial charge in [0.2, 0.25) is 11.8 Å². The van der Waals surface area contributed by atoms with Crippen LogP contribution in [0.4, 0.5) is 0 Å². The molecule has 1 heterocycles. The van der Waals surface area contributed by atoms with E-state index in [0.717, 1.165) is 37.9 Å². The SMILES string of the molecule is COc1ccccc1CCCCNC(=O)C1CC(=O)N(C2CCCCC2)C1. The zero-order valence-electron chi connectivity index (χ0n) is 16.4. The Hall–Kier alpha value is -2.04. The highest BCUT2D eigenvalue weighted by atomic mass is 16.5. The number of carbonyl (C=O) groups is 2. The second kappa shape index (κ2) is 9.77. The number of hydrogen-bond acceptors (Lipinski definition) is 3. The summed E-state index contributed by atoms with van der Waals surface area (Å²) in [5, 5.41) is 3.03. The molecule has 1 aliphatic carbocycles. The molecule has 3 rings (SSSR count). The lowest BCUT2D eigenvalue weighted by molar-refractivity contribution is -0.130. The molecule has 1 aromatic carbocycles. The van der Waals surface area contributed by atoms with E-state index in [1.165, 1.54) is 24.8 Å². The van der Waals surface area contributed by atoms with Crippen LogP contribution in [0.25, 0.3) is 0 Å². The number of rotatable bonds is 8. The molecule has 2 aliphatic rings. The van der Waals surface area contributed by atoms with E-state index in [4.69, 9.17) is 4.74 Å². The fourth-order valence-corrected chi connectivity index (χ4v) is 4.36. The van der Waals surface area contributed by atoms with E-state index < -0.39 is 0 Å². The second-order valence-corrected chi connectivity index (χ2v) is 7.80. The van der Waals surface area contributed by atoms with E-state index in [1.807, 2.05) is 23.1 Å². The van der Waals surface area contributed by atoms with E-state index in [-0.39, 0.29) is 17.7 Å². The third-order valence-corrected chi connectivity index (χ3v) is 5.91. The van der Waals surface area contributed by atoms with Gasteiger partial charge in [0, 0.05) is 25.6 Å².